The lowest BCUT2D eigenvalue weighted by Gasteiger charge is -2.37. The summed E-state index contributed by atoms with van der Waals surface area (Å²) in [6.45, 7) is 0. The van der Waals surface area contributed by atoms with Crippen molar-refractivity contribution in [2.45, 2.75) is 37.8 Å². The van der Waals surface area contributed by atoms with Gasteiger partial charge >= 0.3 is 0 Å². The predicted molar refractivity (Wildman–Crippen MR) is 88.5 cm³/mol. The number of nitrogens with zero attached hydrogens (tertiary/aromatic N) is 1. The molecule has 0 spiro atoms. The van der Waals surface area contributed by atoms with E-state index in [1.165, 1.54) is 6.07 Å². The first-order valence-electron chi connectivity index (χ1n) is 8.35. The number of rotatable bonds is 6. The van der Waals surface area contributed by atoms with Crippen LogP contribution in [0.1, 0.15) is 36.6 Å². The number of amides is 1. The first-order chi connectivity index (χ1) is 12.0. The number of pyridine rings is 1. The number of hydrogen-bond donors (Lipinski definition) is 2. The van der Waals surface area contributed by atoms with E-state index in [9.17, 15) is 18.7 Å². The molecule has 0 bridgehead atoms. The van der Waals surface area contributed by atoms with E-state index in [0.717, 1.165) is 17.8 Å². The number of hydrogen-bond acceptors (Lipinski definition) is 3. The number of aromatic nitrogens is 1. The summed E-state index contributed by atoms with van der Waals surface area (Å²) in [4.78, 5) is 16.6. The monoisotopic (exact) mass is 346 g/mol. The molecule has 3 rings (SSSR count). The summed E-state index contributed by atoms with van der Waals surface area (Å²) in [6, 6.07) is 8.92. The Kier molecular flexibility index (Phi) is 5.38. The van der Waals surface area contributed by atoms with Gasteiger partial charge in [-0.3, -0.25) is 9.78 Å². The minimum absolute atomic E-state index is 0.150. The highest BCUT2D eigenvalue weighted by molar-refractivity contribution is 5.76. The second kappa shape index (κ2) is 7.70. The van der Waals surface area contributed by atoms with Crippen LogP contribution in [0.15, 0.2) is 42.6 Å². The van der Waals surface area contributed by atoms with Crippen LogP contribution in [0.5, 0.6) is 0 Å². The maximum Gasteiger partial charge on any atom is 0.220 e. The Morgan fingerprint density at radius 2 is 2.04 bits per heavy atom. The van der Waals surface area contributed by atoms with Crippen LogP contribution in [0.2, 0.25) is 0 Å². The Bertz CT molecular complexity index is 733. The molecule has 0 radical (unpaired) electrons. The SMILES string of the molecule is O=C(CCc1ccc(F)c(F)c1)N[C@H](c1ccccn1)C1CC(O)C1. The molecular weight excluding hydrogens is 326 g/mol. The van der Waals surface area contributed by atoms with Gasteiger partial charge in [-0.05, 0) is 55.0 Å². The van der Waals surface area contributed by atoms with Crippen LogP contribution in [0.3, 0.4) is 0 Å². The van der Waals surface area contributed by atoms with Crippen molar-refractivity contribution in [1.82, 2.24) is 10.3 Å². The molecule has 1 atom stereocenters. The summed E-state index contributed by atoms with van der Waals surface area (Å²) in [5, 5.41) is 12.5. The first kappa shape index (κ1) is 17.5. The normalized spacial score (nSPS) is 20.6. The maximum atomic E-state index is 13.2. The van der Waals surface area contributed by atoms with E-state index in [4.69, 9.17) is 0 Å². The molecule has 6 heteroatoms. The van der Waals surface area contributed by atoms with E-state index in [1.807, 2.05) is 12.1 Å². The molecule has 1 aliphatic rings. The van der Waals surface area contributed by atoms with Crippen LogP contribution >= 0.6 is 0 Å². The van der Waals surface area contributed by atoms with Gasteiger partial charge in [0.25, 0.3) is 0 Å². The molecule has 2 N–H and O–H groups in total. The minimum atomic E-state index is -0.910. The van der Waals surface area contributed by atoms with E-state index in [1.54, 1.807) is 12.3 Å². The summed E-state index contributed by atoms with van der Waals surface area (Å²) >= 11 is 0. The lowest BCUT2D eigenvalue weighted by molar-refractivity contribution is -0.123. The van der Waals surface area contributed by atoms with E-state index in [-0.39, 0.29) is 30.4 Å². The van der Waals surface area contributed by atoms with Crippen molar-refractivity contribution in [3.8, 4) is 0 Å². The lowest BCUT2D eigenvalue weighted by Crippen LogP contribution is -2.41. The molecule has 1 amide bonds. The third-order valence-electron chi connectivity index (χ3n) is 4.57. The highest BCUT2D eigenvalue weighted by Crippen LogP contribution is 2.37. The number of benzene rings is 1. The molecule has 1 aromatic carbocycles. The predicted octanol–water partition coefficient (Wildman–Crippen LogP) is 2.92. The van der Waals surface area contributed by atoms with Crippen molar-refractivity contribution >= 4 is 5.91 Å². The van der Waals surface area contributed by atoms with Crippen molar-refractivity contribution in [3.05, 3.63) is 65.5 Å². The second-order valence-electron chi connectivity index (χ2n) is 6.43. The molecule has 1 fully saturated rings. The van der Waals surface area contributed by atoms with Gasteiger partial charge in [-0.2, -0.15) is 0 Å². The molecule has 132 valence electrons. The van der Waals surface area contributed by atoms with Crippen LogP contribution in [0.25, 0.3) is 0 Å². The largest absolute Gasteiger partial charge is 0.393 e. The number of aliphatic hydroxyl groups is 1. The number of halogens is 2. The van der Waals surface area contributed by atoms with Crippen LogP contribution in [0, 0.1) is 17.6 Å². The van der Waals surface area contributed by atoms with Crippen molar-refractivity contribution in [1.29, 1.82) is 0 Å². The summed E-state index contributed by atoms with van der Waals surface area (Å²) in [7, 11) is 0. The summed E-state index contributed by atoms with van der Waals surface area (Å²) < 4.78 is 26.2. The van der Waals surface area contributed by atoms with Gasteiger partial charge in [0.2, 0.25) is 5.91 Å². The number of carbonyl (C=O) groups is 1. The van der Waals surface area contributed by atoms with Gasteiger partial charge < -0.3 is 10.4 Å². The molecule has 0 aliphatic heterocycles. The molecule has 1 saturated carbocycles. The van der Waals surface area contributed by atoms with Crippen molar-refractivity contribution in [3.63, 3.8) is 0 Å². The number of nitrogens with one attached hydrogen (secondary N) is 1. The van der Waals surface area contributed by atoms with Gasteiger partial charge in [-0.15, -0.1) is 0 Å². The highest BCUT2D eigenvalue weighted by Gasteiger charge is 2.36. The van der Waals surface area contributed by atoms with Crippen LogP contribution in [-0.2, 0) is 11.2 Å². The van der Waals surface area contributed by atoms with Gasteiger partial charge in [0.05, 0.1) is 17.8 Å². The highest BCUT2D eigenvalue weighted by atomic mass is 19.2. The van der Waals surface area contributed by atoms with E-state index < -0.39 is 11.6 Å². The Labute approximate surface area is 144 Å². The molecule has 1 aromatic heterocycles. The molecule has 2 aromatic rings. The van der Waals surface area contributed by atoms with Gasteiger partial charge in [-0.1, -0.05) is 12.1 Å². The molecule has 4 nitrogen and oxygen atoms in total. The Hall–Kier alpha value is -2.34. The summed E-state index contributed by atoms with van der Waals surface area (Å²) in [5.41, 5.74) is 1.34. The smallest absolute Gasteiger partial charge is 0.220 e. The first-order valence-corrected chi connectivity index (χ1v) is 8.35. The average molecular weight is 346 g/mol. The van der Waals surface area contributed by atoms with E-state index in [0.29, 0.717) is 24.8 Å². The average Bonchev–Trinajstić information content (AvgIpc) is 2.59. The fourth-order valence-corrected chi connectivity index (χ4v) is 3.09. The maximum absolute atomic E-state index is 13.2. The summed E-state index contributed by atoms with van der Waals surface area (Å²) in [6.07, 6.45) is 3.10. The Balaban J connectivity index is 1.61. The summed E-state index contributed by atoms with van der Waals surface area (Å²) in [5.74, 6) is -1.83. The molecular formula is C19H20F2N2O2. The minimum Gasteiger partial charge on any atom is -0.393 e. The zero-order valence-electron chi connectivity index (χ0n) is 13.7. The van der Waals surface area contributed by atoms with Gasteiger partial charge in [0.1, 0.15) is 0 Å². The molecule has 25 heavy (non-hydrogen) atoms. The van der Waals surface area contributed by atoms with Gasteiger partial charge in [0.15, 0.2) is 11.6 Å². The van der Waals surface area contributed by atoms with E-state index in [2.05, 4.69) is 10.3 Å². The third-order valence-corrected chi connectivity index (χ3v) is 4.57. The quantitative estimate of drug-likeness (QED) is 0.845. The van der Waals surface area contributed by atoms with Crippen molar-refractivity contribution in [2.75, 3.05) is 0 Å². The topological polar surface area (TPSA) is 62.2 Å². The molecule has 1 aliphatic carbocycles. The molecule has 1 heterocycles. The second-order valence-corrected chi connectivity index (χ2v) is 6.43. The molecule has 0 unspecified atom stereocenters. The van der Waals surface area contributed by atoms with E-state index >= 15 is 0 Å². The Morgan fingerprint density at radius 3 is 2.68 bits per heavy atom. The van der Waals surface area contributed by atoms with Crippen molar-refractivity contribution in [2.24, 2.45) is 5.92 Å². The van der Waals surface area contributed by atoms with Crippen LogP contribution in [-0.4, -0.2) is 22.1 Å². The standard InChI is InChI=1S/C19H20F2N2O2/c20-15-6-4-12(9-16(15)21)5-7-18(25)23-19(13-10-14(24)11-13)17-3-1-2-8-22-17/h1-4,6,8-9,13-14,19,24H,5,7,10-11H2,(H,23,25)/t13?,14?,19-/m0/s1. The fourth-order valence-electron chi connectivity index (χ4n) is 3.09. The number of aryl methyl sites for hydroxylation is 1. The van der Waals surface area contributed by atoms with Gasteiger partial charge in [0, 0.05) is 12.6 Å². The third kappa shape index (κ3) is 4.39. The number of carbonyl (C=O) groups excluding carboxylic acids is 1. The fraction of sp³-hybridized carbons (Fsp3) is 0.368. The lowest BCUT2D eigenvalue weighted by atomic mass is 9.76. The zero-order valence-corrected chi connectivity index (χ0v) is 13.7. The molecule has 0 saturated heterocycles. The number of aliphatic hydroxyl groups excluding tert-OH is 1. The van der Waals surface area contributed by atoms with Crippen LogP contribution in [0.4, 0.5) is 8.78 Å². The van der Waals surface area contributed by atoms with Crippen LogP contribution < -0.4 is 5.32 Å². The van der Waals surface area contributed by atoms with Gasteiger partial charge in [-0.25, -0.2) is 8.78 Å². The Morgan fingerprint density at radius 1 is 1.24 bits per heavy atom. The van der Waals surface area contributed by atoms with Crippen molar-refractivity contribution < 1.29 is 18.7 Å². The zero-order chi connectivity index (χ0) is 17.8.